The van der Waals surface area contributed by atoms with E-state index in [1.807, 2.05) is 6.92 Å². The molecule has 1 aliphatic rings. The Morgan fingerprint density at radius 2 is 1.66 bits per heavy atom. The molecule has 0 aromatic heterocycles. The molecule has 168 valence electrons. The number of nitrogens with zero attached hydrogens (tertiary/aromatic N) is 1. The van der Waals surface area contributed by atoms with Crippen molar-refractivity contribution >= 4 is 46.8 Å². The molecule has 0 fully saturated rings. The molecule has 2 amide bonds. The number of halogens is 2. The van der Waals surface area contributed by atoms with Crippen LogP contribution in [0.15, 0.2) is 36.4 Å². The number of fused-ring (bicyclic) bond motifs is 1. The maximum atomic E-state index is 12.9. The van der Waals surface area contributed by atoms with Crippen molar-refractivity contribution in [3.05, 3.63) is 63.1 Å². The normalized spacial score (nSPS) is 13.7. The Labute approximate surface area is 195 Å². The Kier molecular flexibility index (Phi) is 7.53. The Morgan fingerprint density at radius 3 is 2.22 bits per heavy atom. The molecule has 7 nitrogen and oxygen atoms in total. The van der Waals surface area contributed by atoms with E-state index >= 15 is 0 Å². The first-order valence-corrected chi connectivity index (χ1v) is 10.7. The van der Waals surface area contributed by atoms with E-state index in [2.05, 4.69) is 0 Å². The van der Waals surface area contributed by atoms with Crippen LogP contribution in [0.4, 0.5) is 0 Å². The van der Waals surface area contributed by atoms with E-state index in [0.29, 0.717) is 17.7 Å². The van der Waals surface area contributed by atoms with Gasteiger partial charge in [-0.3, -0.25) is 19.3 Å². The van der Waals surface area contributed by atoms with Crippen molar-refractivity contribution in [3.8, 4) is 5.75 Å². The molecule has 9 heteroatoms. The average molecular weight is 478 g/mol. The number of carbonyl (C=O) groups is 4. The predicted molar refractivity (Wildman–Crippen MR) is 119 cm³/mol. The van der Waals surface area contributed by atoms with Gasteiger partial charge in [-0.2, -0.15) is 0 Å². The summed E-state index contributed by atoms with van der Waals surface area (Å²) in [6, 6.07) is 7.89. The zero-order chi connectivity index (χ0) is 23.4. The van der Waals surface area contributed by atoms with Crippen LogP contribution in [0, 0.1) is 0 Å². The third-order valence-corrected chi connectivity index (χ3v) is 5.83. The van der Waals surface area contributed by atoms with Gasteiger partial charge in [0, 0.05) is 5.56 Å². The summed E-state index contributed by atoms with van der Waals surface area (Å²) in [6.45, 7) is 1.38. The average Bonchev–Trinajstić information content (AvgIpc) is 3.02. The molecule has 2 aromatic rings. The first kappa shape index (κ1) is 23.8. The smallest absolute Gasteiger partial charge is 0.329 e. The van der Waals surface area contributed by atoms with E-state index in [-0.39, 0.29) is 27.6 Å². The number of unbranched alkanes of at least 4 members (excludes halogenated alkanes) is 1. The summed E-state index contributed by atoms with van der Waals surface area (Å²) >= 11 is 12.0. The molecule has 3 rings (SSSR count). The summed E-state index contributed by atoms with van der Waals surface area (Å²) in [6.07, 6.45) is 1.50. The minimum atomic E-state index is -1.17. The maximum absolute atomic E-state index is 12.9. The number of hydrogen-bond donors (Lipinski definition) is 0. The SMILES string of the molecule is CCCCC(C(=O)OCC(=O)c1cccc(OC)c1)N1C(=O)c2cc(Cl)c(Cl)cc2C1=O. The molecule has 1 heterocycles. The van der Waals surface area contributed by atoms with E-state index < -0.39 is 36.2 Å². The highest BCUT2D eigenvalue weighted by molar-refractivity contribution is 6.43. The van der Waals surface area contributed by atoms with Gasteiger partial charge in [-0.25, -0.2) is 4.79 Å². The monoisotopic (exact) mass is 477 g/mol. The molecular weight excluding hydrogens is 457 g/mol. The van der Waals surface area contributed by atoms with Crippen LogP contribution >= 0.6 is 23.2 Å². The van der Waals surface area contributed by atoms with Gasteiger partial charge < -0.3 is 9.47 Å². The summed E-state index contributed by atoms with van der Waals surface area (Å²) in [5, 5.41) is 0.259. The van der Waals surface area contributed by atoms with E-state index in [1.54, 1.807) is 18.2 Å². The Balaban J connectivity index is 1.78. The minimum Gasteiger partial charge on any atom is -0.497 e. The molecule has 0 N–H and O–H groups in total. The Bertz CT molecular complexity index is 1040. The number of imide groups is 1. The third-order valence-electron chi connectivity index (χ3n) is 5.11. The number of methoxy groups -OCH3 is 1. The predicted octanol–water partition coefficient (Wildman–Crippen LogP) is 4.58. The number of Topliss-reactive ketones (excluding diaryl/α,β-unsaturated/α-hetero) is 1. The van der Waals surface area contributed by atoms with Crippen molar-refractivity contribution in [1.82, 2.24) is 4.90 Å². The lowest BCUT2D eigenvalue weighted by molar-refractivity contribution is -0.147. The van der Waals surface area contributed by atoms with Gasteiger partial charge >= 0.3 is 5.97 Å². The van der Waals surface area contributed by atoms with Gasteiger partial charge in [0.2, 0.25) is 0 Å². The van der Waals surface area contributed by atoms with E-state index in [1.165, 1.54) is 25.3 Å². The van der Waals surface area contributed by atoms with Crippen molar-refractivity contribution < 1.29 is 28.7 Å². The molecule has 1 atom stereocenters. The van der Waals surface area contributed by atoms with Gasteiger partial charge in [0.25, 0.3) is 11.8 Å². The molecule has 0 saturated carbocycles. The van der Waals surface area contributed by atoms with E-state index in [4.69, 9.17) is 32.7 Å². The van der Waals surface area contributed by atoms with Crippen LogP contribution in [0.25, 0.3) is 0 Å². The molecule has 1 aliphatic heterocycles. The summed E-state index contributed by atoms with van der Waals surface area (Å²) in [5.41, 5.74) is 0.463. The highest BCUT2D eigenvalue weighted by atomic mass is 35.5. The molecule has 0 saturated heterocycles. The molecule has 1 unspecified atom stereocenters. The fraction of sp³-hybridized carbons (Fsp3) is 0.304. The van der Waals surface area contributed by atoms with Gasteiger partial charge in [0.05, 0.1) is 28.3 Å². The number of esters is 1. The number of ketones is 1. The van der Waals surface area contributed by atoms with Crippen LogP contribution in [-0.2, 0) is 9.53 Å². The van der Waals surface area contributed by atoms with Crippen molar-refractivity contribution in [2.45, 2.75) is 32.2 Å². The van der Waals surface area contributed by atoms with Crippen molar-refractivity contribution in [2.24, 2.45) is 0 Å². The molecule has 0 spiro atoms. The van der Waals surface area contributed by atoms with E-state index in [9.17, 15) is 19.2 Å². The fourth-order valence-corrected chi connectivity index (χ4v) is 3.73. The van der Waals surface area contributed by atoms with Gasteiger partial charge in [-0.15, -0.1) is 0 Å². The van der Waals surface area contributed by atoms with Crippen LogP contribution < -0.4 is 4.74 Å². The molecule has 0 aliphatic carbocycles. The van der Waals surface area contributed by atoms with Gasteiger partial charge in [-0.1, -0.05) is 55.1 Å². The van der Waals surface area contributed by atoms with Gasteiger partial charge in [0.1, 0.15) is 11.8 Å². The van der Waals surface area contributed by atoms with E-state index in [0.717, 1.165) is 11.3 Å². The summed E-state index contributed by atoms with van der Waals surface area (Å²) < 4.78 is 10.3. The molecule has 0 radical (unpaired) electrons. The van der Waals surface area contributed by atoms with Crippen LogP contribution in [0.3, 0.4) is 0 Å². The van der Waals surface area contributed by atoms with Crippen molar-refractivity contribution in [1.29, 1.82) is 0 Å². The standard InChI is InChI=1S/C23H21Cl2NO6/c1-3-4-8-19(23(30)32-12-20(27)13-6-5-7-14(9-13)31-2)26-21(28)15-10-17(24)18(25)11-16(15)22(26)29/h5-7,9-11,19H,3-4,8,12H2,1-2H3. The minimum absolute atomic E-state index is 0.0751. The number of benzene rings is 2. The Hall–Kier alpha value is -2.90. The summed E-state index contributed by atoms with van der Waals surface area (Å²) in [5.74, 6) is -2.08. The Morgan fingerprint density at radius 1 is 1.03 bits per heavy atom. The molecular formula is C23H21Cl2NO6. The zero-order valence-corrected chi connectivity index (χ0v) is 19.0. The first-order valence-electron chi connectivity index (χ1n) is 9.99. The second kappa shape index (κ2) is 10.1. The number of ether oxygens (including phenoxy) is 2. The van der Waals surface area contributed by atoms with Gasteiger partial charge in [-0.05, 0) is 30.7 Å². The molecule has 0 bridgehead atoms. The maximum Gasteiger partial charge on any atom is 0.329 e. The second-order valence-electron chi connectivity index (χ2n) is 7.21. The number of rotatable bonds is 9. The zero-order valence-electron chi connectivity index (χ0n) is 17.5. The fourth-order valence-electron chi connectivity index (χ4n) is 3.40. The number of carbonyl (C=O) groups excluding carboxylic acids is 4. The van der Waals surface area contributed by atoms with Crippen LogP contribution in [0.5, 0.6) is 5.75 Å². The lowest BCUT2D eigenvalue weighted by atomic mass is 10.1. The highest BCUT2D eigenvalue weighted by Gasteiger charge is 2.43. The highest BCUT2D eigenvalue weighted by Crippen LogP contribution is 2.33. The van der Waals surface area contributed by atoms with Gasteiger partial charge in [0.15, 0.2) is 12.4 Å². The third kappa shape index (κ3) is 4.79. The lowest BCUT2D eigenvalue weighted by Gasteiger charge is -2.24. The van der Waals surface area contributed by atoms with Crippen LogP contribution in [0.2, 0.25) is 10.0 Å². The topological polar surface area (TPSA) is 90.0 Å². The summed E-state index contributed by atoms with van der Waals surface area (Å²) in [7, 11) is 1.48. The largest absolute Gasteiger partial charge is 0.497 e. The van der Waals surface area contributed by atoms with Crippen molar-refractivity contribution in [2.75, 3.05) is 13.7 Å². The molecule has 2 aromatic carbocycles. The second-order valence-corrected chi connectivity index (χ2v) is 8.03. The van der Waals surface area contributed by atoms with Crippen LogP contribution in [0.1, 0.15) is 57.3 Å². The van der Waals surface area contributed by atoms with Crippen molar-refractivity contribution in [3.63, 3.8) is 0 Å². The summed E-state index contributed by atoms with van der Waals surface area (Å²) in [4.78, 5) is 52.0. The number of hydrogen-bond acceptors (Lipinski definition) is 6. The number of amides is 2. The molecule has 32 heavy (non-hydrogen) atoms. The van der Waals surface area contributed by atoms with Crippen LogP contribution in [-0.4, -0.2) is 48.2 Å². The first-order chi connectivity index (χ1) is 15.3. The lowest BCUT2D eigenvalue weighted by Crippen LogP contribution is -2.46. The quantitative estimate of drug-likeness (QED) is 0.298.